The average Bonchev–Trinajstić information content (AvgIpc) is 2.25. The second-order valence-corrected chi connectivity index (χ2v) is 2.81. The van der Waals surface area contributed by atoms with E-state index in [1.807, 2.05) is 0 Å². The maximum Gasteiger partial charge on any atom is 0.412 e. The van der Waals surface area contributed by atoms with Crippen LogP contribution in [0.5, 0.6) is 0 Å². The highest BCUT2D eigenvalue weighted by atomic mass is 16.6. The fourth-order valence-corrected chi connectivity index (χ4v) is 1.20. The van der Waals surface area contributed by atoms with Gasteiger partial charge in [0.15, 0.2) is 0 Å². The fourth-order valence-electron chi connectivity index (χ4n) is 1.20. The second-order valence-electron chi connectivity index (χ2n) is 2.81. The number of carbonyl (C=O) groups is 2. The predicted molar refractivity (Wildman–Crippen MR) is 54.5 cm³/mol. The number of carboxylic acid groups (broad SMARTS) is 1. The largest absolute Gasteiger partial charge is 0.465 e. The highest BCUT2D eigenvalue weighted by molar-refractivity contribution is 5.92. The van der Waals surface area contributed by atoms with E-state index in [9.17, 15) is 19.7 Å². The first-order chi connectivity index (χ1) is 7.57. The van der Waals surface area contributed by atoms with Crippen LogP contribution in [0.3, 0.4) is 0 Å². The van der Waals surface area contributed by atoms with Gasteiger partial charge in [-0.3, -0.25) is 15.0 Å². The Morgan fingerprint density at radius 2 is 2.12 bits per heavy atom. The molecule has 1 N–H and O–H groups in total. The fraction of sp³-hybridized carbons (Fsp3) is 0.111. The molecule has 0 aliphatic rings. The normalized spacial score (nSPS) is 9.50. The van der Waals surface area contributed by atoms with Gasteiger partial charge in [-0.05, 0) is 6.07 Å². The van der Waals surface area contributed by atoms with Gasteiger partial charge in [0.1, 0.15) is 12.0 Å². The van der Waals surface area contributed by atoms with Gasteiger partial charge in [0, 0.05) is 6.07 Å². The van der Waals surface area contributed by atoms with Gasteiger partial charge in [-0.25, -0.2) is 4.79 Å². The molecule has 0 unspecified atom stereocenters. The molecule has 1 aromatic carbocycles. The van der Waals surface area contributed by atoms with Gasteiger partial charge in [0.2, 0.25) is 0 Å². The van der Waals surface area contributed by atoms with Crippen LogP contribution in [0.2, 0.25) is 0 Å². The molecule has 0 aromatic heterocycles. The third kappa shape index (κ3) is 2.32. The van der Waals surface area contributed by atoms with Crippen LogP contribution in [0.1, 0.15) is 0 Å². The van der Waals surface area contributed by atoms with Crippen LogP contribution in [0.25, 0.3) is 0 Å². The number of anilines is 1. The molecule has 7 nitrogen and oxygen atoms in total. The van der Waals surface area contributed by atoms with Crippen LogP contribution in [0.4, 0.5) is 16.2 Å². The quantitative estimate of drug-likeness (QED) is 0.471. The molecule has 0 atom stereocenters. The van der Waals surface area contributed by atoms with Crippen LogP contribution in [-0.4, -0.2) is 29.0 Å². The number of aldehydes is 1. The number of nitrogens with zero attached hydrogens (tertiary/aromatic N) is 2. The monoisotopic (exact) mass is 224 g/mol. The molecule has 1 rings (SSSR count). The first kappa shape index (κ1) is 11.6. The Bertz CT molecular complexity index is 432. The Morgan fingerprint density at radius 1 is 1.50 bits per heavy atom. The Hall–Kier alpha value is -2.44. The van der Waals surface area contributed by atoms with Crippen molar-refractivity contribution >= 4 is 23.8 Å². The minimum absolute atomic E-state index is 0.118. The lowest BCUT2D eigenvalue weighted by Crippen LogP contribution is -2.31. The average molecular weight is 224 g/mol. The van der Waals surface area contributed by atoms with Crippen LogP contribution < -0.4 is 4.90 Å². The van der Waals surface area contributed by atoms with Crippen molar-refractivity contribution in [2.45, 2.75) is 0 Å². The predicted octanol–water partition coefficient (Wildman–Crippen LogP) is 1.28. The number of rotatable bonds is 4. The molecule has 0 heterocycles. The number of nitro groups is 1. The minimum Gasteiger partial charge on any atom is -0.465 e. The molecule has 7 heteroatoms. The van der Waals surface area contributed by atoms with Crippen LogP contribution >= 0.6 is 0 Å². The van der Waals surface area contributed by atoms with Gasteiger partial charge in [0.05, 0.1) is 11.5 Å². The molecule has 0 aliphatic carbocycles. The van der Waals surface area contributed by atoms with Crippen molar-refractivity contribution in [3.8, 4) is 0 Å². The number of hydrogen-bond acceptors (Lipinski definition) is 4. The van der Waals surface area contributed by atoms with E-state index in [4.69, 9.17) is 5.11 Å². The van der Waals surface area contributed by atoms with Crippen molar-refractivity contribution < 1.29 is 19.6 Å². The Kier molecular flexibility index (Phi) is 3.54. The zero-order valence-electron chi connectivity index (χ0n) is 8.07. The molecule has 16 heavy (non-hydrogen) atoms. The molecule has 0 aliphatic heterocycles. The lowest BCUT2D eigenvalue weighted by molar-refractivity contribution is -0.384. The van der Waals surface area contributed by atoms with Gasteiger partial charge < -0.3 is 9.90 Å². The molecule has 0 bridgehead atoms. The molecule has 84 valence electrons. The molecule has 0 spiro atoms. The van der Waals surface area contributed by atoms with Crippen molar-refractivity contribution in [2.24, 2.45) is 0 Å². The van der Waals surface area contributed by atoms with E-state index in [1.54, 1.807) is 0 Å². The van der Waals surface area contributed by atoms with Crippen molar-refractivity contribution in [3.05, 3.63) is 34.4 Å². The number of carbonyl (C=O) groups excluding carboxylic acids is 1. The summed E-state index contributed by atoms with van der Waals surface area (Å²) in [5.41, 5.74) is -0.473. The summed E-state index contributed by atoms with van der Waals surface area (Å²) in [5.74, 6) is 0. The van der Waals surface area contributed by atoms with Crippen molar-refractivity contribution in [2.75, 3.05) is 11.4 Å². The topological polar surface area (TPSA) is 101 Å². The lowest BCUT2D eigenvalue weighted by Gasteiger charge is -2.15. The number of benzene rings is 1. The smallest absolute Gasteiger partial charge is 0.412 e. The third-order valence-electron chi connectivity index (χ3n) is 1.86. The summed E-state index contributed by atoms with van der Waals surface area (Å²) in [6.45, 7) is -0.444. The van der Waals surface area contributed by atoms with E-state index >= 15 is 0 Å². The number of hydrogen-bond donors (Lipinski definition) is 1. The first-order valence-electron chi connectivity index (χ1n) is 4.25. The van der Waals surface area contributed by atoms with Gasteiger partial charge in [0.25, 0.3) is 5.69 Å². The van der Waals surface area contributed by atoms with E-state index in [1.165, 1.54) is 24.3 Å². The Morgan fingerprint density at radius 3 is 2.62 bits per heavy atom. The SMILES string of the molecule is O=CCN(C(=O)O)c1ccccc1[N+](=O)[O-]. The molecular formula is C9H8N2O5. The molecule has 0 saturated carbocycles. The Balaban J connectivity index is 3.22. The summed E-state index contributed by atoms with van der Waals surface area (Å²) in [7, 11) is 0. The lowest BCUT2D eigenvalue weighted by atomic mass is 10.2. The van der Waals surface area contributed by atoms with Gasteiger partial charge in [-0.15, -0.1) is 0 Å². The Labute approximate surface area is 90.1 Å². The highest BCUT2D eigenvalue weighted by Gasteiger charge is 2.22. The molecule has 0 fully saturated rings. The van der Waals surface area contributed by atoms with Crippen molar-refractivity contribution in [3.63, 3.8) is 0 Å². The molecule has 1 aromatic rings. The van der Waals surface area contributed by atoms with E-state index in [0.29, 0.717) is 11.2 Å². The third-order valence-corrected chi connectivity index (χ3v) is 1.86. The summed E-state index contributed by atoms with van der Waals surface area (Å²) in [6.07, 6.45) is -1.05. The molecule has 0 radical (unpaired) electrons. The molecular weight excluding hydrogens is 216 g/mol. The molecule has 0 saturated heterocycles. The van der Waals surface area contributed by atoms with E-state index in [-0.39, 0.29) is 11.4 Å². The van der Waals surface area contributed by atoms with Crippen LogP contribution in [0.15, 0.2) is 24.3 Å². The van der Waals surface area contributed by atoms with Crippen LogP contribution in [-0.2, 0) is 4.79 Å². The maximum atomic E-state index is 10.8. The minimum atomic E-state index is -1.42. The summed E-state index contributed by atoms with van der Waals surface area (Å²) >= 11 is 0. The van der Waals surface area contributed by atoms with E-state index in [0.717, 1.165) is 0 Å². The summed E-state index contributed by atoms with van der Waals surface area (Å²) in [4.78, 5) is 31.7. The summed E-state index contributed by atoms with van der Waals surface area (Å²) in [6, 6.07) is 5.33. The second kappa shape index (κ2) is 4.87. The zero-order valence-corrected chi connectivity index (χ0v) is 8.07. The van der Waals surface area contributed by atoms with Gasteiger partial charge >= 0.3 is 6.09 Å². The van der Waals surface area contributed by atoms with E-state index in [2.05, 4.69) is 0 Å². The first-order valence-corrected chi connectivity index (χ1v) is 4.25. The maximum absolute atomic E-state index is 10.8. The highest BCUT2D eigenvalue weighted by Crippen LogP contribution is 2.27. The summed E-state index contributed by atoms with van der Waals surface area (Å²) in [5, 5.41) is 19.5. The molecule has 1 amide bonds. The standard InChI is InChI=1S/C9H8N2O5/c12-6-5-10(9(13)14)7-3-1-2-4-8(7)11(15)16/h1-4,6H,5H2,(H,13,14). The van der Waals surface area contributed by atoms with E-state index < -0.39 is 17.6 Å². The number of amides is 1. The number of nitro benzene ring substituents is 1. The number of para-hydroxylation sites is 2. The van der Waals surface area contributed by atoms with Crippen molar-refractivity contribution in [1.29, 1.82) is 0 Å². The van der Waals surface area contributed by atoms with Crippen LogP contribution in [0, 0.1) is 10.1 Å². The van der Waals surface area contributed by atoms with Gasteiger partial charge in [-0.1, -0.05) is 12.1 Å². The summed E-state index contributed by atoms with van der Waals surface area (Å²) < 4.78 is 0. The van der Waals surface area contributed by atoms with Gasteiger partial charge in [-0.2, -0.15) is 0 Å². The zero-order chi connectivity index (χ0) is 12.1. The van der Waals surface area contributed by atoms with Crippen molar-refractivity contribution in [1.82, 2.24) is 0 Å².